The normalized spacial score (nSPS) is 11.9. The van der Waals surface area contributed by atoms with E-state index in [2.05, 4.69) is 6.92 Å². The first-order valence-electron chi connectivity index (χ1n) is 8.30. The molecule has 0 aliphatic heterocycles. The molecule has 0 radical (unpaired) electrons. The van der Waals surface area contributed by atoms with Gasteiger partial charge in [0.25, 0.3) is 0 Å². The Morgan fingerprint density at radius 2 is 2.04 bits per heavy atom. The van der Waals surface area contributed by atoms with Gasteiger partial charge in [-0.15, -0.1) is 11.3 Å². The van der Waals surface area contributed by atoms with Crippen molar-refractivity contribution in [1.29, 1.82) is 0 Å². The lowest BCUT2D eigenvalue weighted by Crippen LogP contribution is -2.13. The highest BCUT2D eigenvalue weighted by Gasteiger charge is 2.22. The van der Waals surface area contributed by atoms with E-state index in [1.165, 1.54) is 11.3 Å². The molecule has 1 unspecified atom stereocenters. The molecule has 0 aliphatic carbocycles. The second-order valence-corrected chi connectivity index (χ2v) is 6.51. The van der Waals surface area contributed by atoms with Gasteiger partial charge in [0.1, 0.15) is 0 Å². The quantitative estimate of drug-likeness (QED) is 0.630. The number of ether oxygens (including phenoxy) is 2. The van der Waals surface area contributed by atoms with Crippen LogP contribution < -0.4 is 9.47 Å². The summed E-state index contributed by atoms with van der Waals surface area (Å²) < 4.78 is 11.4. The number of benzene rings is 1. The molecule has 0 saturated heterocycles. The van der Waals surface area contributed by atoms with E-state index in [4.69, 9.17) is 9.47 Å². The maximum Gasteiger partial charge on any atom is 0.312 e. The van der Waals surface area contributed by atoms with Crippen LogP contribution in [0.1, 0.15) is 43.0 Å². The number of unbranched alkanes of at least 4 members (excludes halogenated alkanes) is 1. The number of carbonyl (C=O) groups is 1. The van der Waals surface area contributed by atoms with E-state index in [0.717, 1.165) is 29.0 Å². The number of hydrogen-bond acceptors (Lipinski definition) is 4. The van der Waals surface area contributed by atoms with Gasteiger partial charge < -0.3 is 14.6 Å². The van der Waals surface area contributed by atoms with Crippen molar-refractivity contribution in [2.24, 2.45) is 0 Å². The molecule has 130 valence electrons. The standard InChI is InChI=1S/C19H24O4S/c1-3-5-10-23-16-9-8-14(13-17(16)22-4-2)12-15(19(20)21)18-7-6-11-24-18/h6-9,11,13,15H,3-5,10,12H2,1-2H3,(H,20,21). The minimum absolute atomic E-state index is 0.436. The van der Waals surface area contributed by atoms with Crippen molar-refractivity contribution >= 4 is 17.3 Å². The van der Waals surface area contributed by atoms with Crippen molar-refractivity contribution < 1.29 is 19.4 Å². The highest BCUT2D eigenvalue weighted by Crippen LogP contribution is 2.32. The summed E-state index contributed by atoms with van der Waals surface area (Å²) >= 11 is 1.47. The largest absolute Gasteiger partial charge is 0.490 e. The van der Waals surface area contributed by atoms with Crippen LogP contribution in [-0.4, -0.2) is 24.3 Å². The molecule has 0 amide bonds. The smallest absolute Gasteiger partial charge is 0.312 e. The minimum Gasteiger partial charge on any atom is -0.490 e. The SMILES string of the molecule is CCCCOc1ccc(CC(C(=O)O)c2cccs2)cc1OCC. The predicted molar refractivity (Wildman–Crippen MR) is 96.4 cm³/mol. The van der Waals surface area contributed by atoms with E-state index >= 15 is 0 Å². The zero-order chi connectivity index (χ0) is 17.4. The lowest BCUT2D eigenvalue weighted by molar-refractivity contribution is -0.138. The second kappa shape index (κ2) is 9.33. The van der Waals surface area contributed by atoms with Crippen LogP contribution in [0.4, 0.5) is 0 Å². The van der Waals surface area contributed by atoms with Gasteiger partial charge in [0.05, 0.1) is 19.1 Å². The average Bonchev–Trinajstić information content (AvgIpc) is 3.08. The molecule has 0 spiro atoms. The third-order valence-corrected chi connectivity index (χ3v) is 4.67. The predicted octanol–water partition coefficient (Wildman–Crippen LogP) is 4.74. The first kappa shape index (κ1) is 18.3. The molecule has 1 aromatic carbocycles. The molecule has 2 aromatic rings. The molecule has 0 saturated carbocycles. The summed E-state index contributed by atoms with van der Waals surface area (Å²) in [5, 5.41) is 11.4. The topological polar surface area (TPSA) is 55.8 Å². The fourth-order valence-corrected chi connectivity index (χ4v) is 3.25. The maximum absolute atomic E-state index is 11.6. The van der Waals surface area contributed by atoms with Gasteiger partial charge in [0.15, 0.2) is 11.5 Å². The van der Waals surface area contributed by atoms with Crippen molar-refractivity contribution in [2.75, 3.05) is 13.2 Å². The van der Waals surface area contributed by atoms with Crippen LogP contribution in [0.2, 0.25) is 0 Å². The van der Waals surface area contributed by atoms with Crippen molar-refractivity contribution in [3.63, 3.8) is 0 Å². The summed E-state index contributed by atoms with van der Waals surface area (Å²) in [4.78, 5) is 12.5. The Morgan fingerprint density at radius 1 is 1.21 bits per heavy atom. The van der Waals surface area contributed by atoms with Gasteiger partial charge in [0.2, 0.25) is 0 Å². The first-order valence-corrected chi connectivity index (χ1v) is 9.18. The highest BCUT2D eigenvalue weighted by atomic mass is 32.1. The number of aliphatic carboxylic acids is 1. The van der Waals surface area contributed by atoms with E-state index in [9.17, 15) is 9.90 Å². The summed E-state index contributed by atoms with van der Waals surface area (Å²) in [5.74, 6) is 0.0588. The third-order valence-electron chi connectivity index (χ3n) is 3.69. The van der Waals surface area contributed by atoms with Gasteiger partial charge in [-0.1, -0.05) is 25.5 Å². The lowest BCUT2D eigenvalue weighted by atomic mass is 9.97. The highest BCUT2D eigenvalue weighted by molar-refractivity contribution is 7.10. The molecule has 1 atom stereocenters. The molecular weight excluding hydrogens is 324 g/mol. The number of thiophene rings is 1. The van der Waals surface area contributed by atoms with E-state index < -0.39 is 11.9 Å². The Kier molecular flexibility index (Phi) is 7.12. The Hall–Kier alpha value is -2.01. The molecule has 0 aliphatic rings. The van der Waals surface area contributed by atoms with Gasteiger partial charge >= 0.3 is 5.97 Å². The van der Waals surface area contributed by atoms with Crippen LogP contribution in [0, 0.1) is 0 Å². The van der Waals surface area contributed by atoms with E-state index in [1.54, 1.807) is 0 Å². The van der Waals surface area contributed by atoms with Crippen LogP contribution in [-0.2, 0) is 11.2 Å². The molecule has 2 rings (SSSR count). The Bertz CT molecular complexity index is 637. The average molecular weight is 348 g/mol. The molecule has 4 nitrogen and oxygen atoms in total. The van der Waals surface area contributed by atoms with E-state index in [-0.39, 0.29) is 0 Å². The van der Waals surface area contributed by atoms with Gasteiger partial charge in [0, 0.05) is 4.88 Å². The van der Waals surface area contributed by atoms with Crippen molar-refractivity contribution in [2.45, 2.75) is 39.0 Å². The molecule has 1 heterocycles. The number of hydrogen-bond donors (Lipinski definition) is 1. The van der Waals surface area contributed by atoms with Crippen molar-refractivity contribution in [3.8, 4) is 11.5 Å². The number of carboxylic acids is 1. The number of rotatable bonds is 10. The second-order valence-electron chi connectivity index (χ2n) is 5.53. The number of carboxylic acid groups (broad SMARTS) is 1. The third kappa shape index (κ3) is 4.99. The van der Waals surface area contributed by atoms with Crippen LogP contribution in [0.25, 0.3) is 0 Å². The summed E-state index contributed by atoms with van der Waals surface area (Å²) in [7, 11) is 0. The monoisotopic (exact) mass is 348 g/mol. The van der Waals surface area contributed by atoms with Gasteiger partial charge in [-0.05, 0) is 48.9 Å². The fraction of sp³-hybridized carbons (Fsp3) is 0.421. The summed E-state index contributed by atoms with van der Waals surface area (Å²) in [5.41, 5.74) is 0.932. The fourth-order valence-electron chi connectivity index (χ4n) is 2.43. The molecule has 0 fully saturated rings. The minimum atomic E-state index is -0.807. The van der Waals surface area contributed by atoms with Gasteiger partial charge in [-0.25, -0.2) is 0 Å². The van der Waals surface area contributed by atoms with Crippen LogP contribution in [0.5, 0.6) is 11.5 Å². The van der Waals surface area contributed by atoms with Crippen LogP contribution in [0.15, 0.2) is 35.7 Å². The first-order chi connectivity index (χ1) is 11.7. The zero-order valence-corrected chi connectivity index (χ0v) is 15.0. The molecule has 24 heavy (non-hydrogen) atoms. The van der Waals surface area contributed by atoms with E-state index in [0.29, 0.717) is 25.4 Å². The van der Waals surface area contributed by atoms with Crippen LogP contribution >= 0.6 is 11.3 Å². The van der Waals surface area contributed by atoms with Gasteiger partial charge in [-0.3, -0.25) is 4.79 Å². The molecular formula is C19H24O4S. The Balaban J connectivity index is 2.17. The zero-order valence-electron chi connectivity index (χ0n) is 14.2. The summed E-state index contributed by atoms with van der Waals surface area (Å²) in [6, 6.07) is 9.45. The molecule has 0 bridgehead atoms. The molecule has 1 N–H and O–H groups in total. The van der Waals surface area contributed by atoms with E-state index in [1.807, 2.05) is 42.6 Å². The Labute approximate surface area is 147 Å². The van der Waals surface area contributed by atoms with Crippen molar-refractivity contribution in [1.82, 2.24) is 0 Å². The summed E-state index contributed by atoms with van der Waals surface area (Å²) in [6.45, 7) is 5.24. The maximum atomic E-state index is 11.6. The molecule has 1 aromatic heterocycles. The lowest BCUT2D eigenvalue weighted by Gasteiger charge is -2.15. The summed E-state index contributed by atoms with van der Waals surface area (Å²) in [6.07, 6.45) is 2.50. The molecule has 5 heteroatoms. The Morgan fingerprint density at radius 3 is 2.67 bits per heavy atom. The van der Waals surface area contributed by atoms with Crippen molar-refractivity contribution in [3.05, 3.63) is 46.2 Å². The van der Waals surface area contributed by atoms with Crippen LogP contribution in [0.3, 0.4) is 0 Å². The van der Waals surface area contributed by atoms with Gasteiger partial charge in [-0.2, -0.15) is 0 Å².